The minimum absolute atomic E-state index is 0.0242. The third-order valence-corrected chi connectivity index (χ3v) is 17.6. The average Bonchev–Trinajstić information content (AvgIpc) is 3.79. The van der Waals surface area contributed by atoms with Crippen molar-refractivity contribution in [1.29, 1.82) is 0 Å². The summed E-state index contributed by atoms with van der Waals surface area (Å²) in [6, 6.07) is 15.3. The fraction of sp³-hybridized carbons (Fsp3) is 0.467. The highest BCUT2D eigenvalue weighted by atomic mass is 32.2. The summed E-state index contributed by atoms with van der Waals surface area (Å²) < 4.78 is 23.5. The van der Waals surface area contributed by atoms with Gasteiger partial charge >= 0.3 is 18.2 Å². The molecule has 6 rings (SSSR count). The number of thioether (sulfide) groups is 1. The highest BCUT2D eigenvalue weighted by Gasteiger charge is 2.59. The van der Waals surface area contributed by atoms with Gasteiger partial charge in [-0.05, 0) is 61.2 Å². The van der Waals surface area contributed by atoms with E-state index >= 15 is 0 Å². The molecule has 14 nitrogen and oxygen atoms in total. The summed E-state index contributed by atoms with van der Waals surface area (Å²) in [4.78, 5) is 86.9. The van der Waals surface area contributed by atoms with Crippen LogP contribution >= 0.6 is 11.8 Å². The van der Waals surface area contributed by atoms with Crippen LogP contribution in [0.25, 0.3) is 0 Å². The molecule has 1 N–H and O–H groups in total. The summed E-state index contributed by atoms with van der Waals surface area (Å²) in [5.41, 5.74) is 0.569. The number of nitrogens with zero attached hydrogens (tertiary/aromatic N) is 3. The smallest absolute Gasteiger partial charge is 0.412 e. The molecule has 0 bridgehead atoms. The van der Waals surface area contributed by atoms with E-state index in [4.69, 9.17) is 18.9 Å². The van der Waals surface area contributed by atoms with Crippen LogP contribution in [0.4, 0.5) is 9.59 Å². The molecule has 61 heavy (non-hydrogen) atoms. The largest absolute Gasteiger partial charge is 0.448 e. The Balaban J connectivity index is 1.31. The van der Waals surface area contributed by atoms with Crippen molar-refractivity contribution in [2.45, 2.75) is 109 Å². The van der Waals surface area contributed by atoms with E-state index in [1.54, 1.807) is 25.7 Å². The number of hydrogen-bond acceptors (Lipinski definition) is 11. The molecule has 0 radical (unpaired) electrons. The van der Waals surface area contributed by atoms with Gasteiger partial charge in [0.2, 0.25) is 11.0 Å². The van der Waals surface area contributed by atoms with Gasteiger partial charge in [-0.2, -0.15) is 0 Å². The van der Waals surface area contributed by atoms with E-state index in [1.807, 2.05) is 60.7 Å². The number of hydrogen-bond donors (Lipinski definition) is 1. The van der Waals surface area contributed by atoms with Crippen LogP contribution in [-0.2, 0) is 38.1 Å². The first-order valence-electron chi connectivity index (χ1n) is 20.5. The number of likely N-dealkylation sites (tertiary alicyclic amines) is 2. The number of β-lactam (4-membered cyclic amide) rings is 1. The zero-order valence-corrected chi connectivity index (χ0v) is 37.9. The van der Waals surface area contributed by atoms with Crippen molar-refractivity contribution < 1.29 is 47.7 Å². The number of esters is 1. The number of ether oxygens (including phenoxy) is 4. The number of benzene rings is 2. The molecule has 4 aliphatic heterocycles. The molecule has 0 saturated carbocycles. The highest BCUT2D eigenvalue weighted by Crippen LogP contribution is 2.44. The molecular weight excluding hydrogens is 817 g/mol. The van der Waals surface area contributed by atoms with Crippen LogP contribution in [0.2, 0.25) is 18.1 Å². The quantitative estimate of drug-likeness (QED) is 0.0593. The molecule has 4 aliphatic rings. The van der Waals surface area contributed by atoms with E-state index in [-0.39, 0.29) is 41.1 Å². The van der Waals surface area contributed by atoms with Crippen molar-refractivity contribution in [2.75, 3.05) is 25.9 Å². The third-order valence-electron chi connectivity index (χ3n) is 11.7. The number of alkyl carbamates (subject to hydrolysis) is 1. The summed E-state index contributed by atoms with van der Waals surface area (Å²) in [6.07, 6.45) is 1.14. The Kier molecular flexibility index (Phi) is 13.4. The molecule has 0 aliphatic carbocycles. The molecule has 2 aromatic carbocycles. The number of carbonyl (C=O) groups excluding carboxylic acids is 6. The predicted octanol–water partition coefficient (Wildman–Crippen LogP) is 6.85. The van der Waals surface area contributed by atoms with Crippen LogP contribution in [0.15, 0.2) is 95.6 Å². The summed E-state index contributed by atoms with van der Waals surface area (Å²) >= 11 is 0.709. The van der Waals surface area contributed by atoms with E-state index < -0.39 is 73.3 Å². The van der Waals surface area contributed by atoms with Gasteiger partial charge in [-0.15, -0.1) is 0 Å². The van der Waals surface area contributed by atoms with Crippen molar-refractivity contribution in [3.05, 3.63) is 107 Å². The number of allylic oxidation sites excluding steroid dienone is 1. The lowest BCUT2D eigenvalue weighted by Crippen LogP contribution is -2.74. The SMILES string of the molecule is C=CCOC(=O)N1C[C@H](N2CCC(=CC3=C(C(=O)OC(c4ccccc4)c4ccccc4)N4C(=O)[C@H](NC(=O)OC(C)(C)C)[C@@H]4C(=O)S3)C2=O)C[C@@H]1OC[Si](C)(C)C(C)(C)C. The number of carbonyl (C=O) groups is 6. The van der Waals surface area contributed by atoms with Crippen molar-refractivity contribution in [3.63, 3.8) is 0 Å². The van der Waals surface area contributed by atoms with E-state index in [9.17, 15) is 28.8 Å². The van der Waals surface area contributed by atoms with Crippen LogP contribution in [0.1, 0.15) is 71.6 Å². The van der Waals surface area contributed by atoms with Gasteiger partial charge in [0, 0.05) is 36.2 Å². The van der Waals surface area contributed by atoms with E-state index in [1.165, 1.54) is 17.1 Å². The Morgan fingerprint density at radius 2 is 1.59 bits per heavy atom. The third kappa shape index (κ3) is 9.97. The number of fused-ring (bicyclic) bond motifs is 1. The summed E-state index contributed by atoms with van der Waals surface area (Å²) in [7, 11) is -1.90. The molecule has 16 heteroatoms. The maximum Gasteiger partial charge on any atom is 0.412 e. The van der Waals surface area contributed by atoms with Crippen molar-refractivity contribution in [1.82, 2.24) is 20.0 Å². The second-order valence-electron chi connectivity index (χ2n) is 18.2. The lowest BCUT2D eigenvalue weighted by molar-refractivity contribution is -0.158. The van der Waals surface area contributed by atoms with Crippen LogP contribution in [0, 0.1) is 0 Å². The fourth-order valence-electron chi connectivity index (χ4n) is 7.30. The lowest BCUT2D eigenvalue weighted by atomic mass is 9.94. The summed E-state index contributed by atoms with van der Waals surface area (Å²) in [5, 5.41) is 2.03. The van der Waals surface area contributed by atoms with Crippen molar-refractivity contribution in [2.24, 2.45) is 0 Å². The molecule has 4 amide bonds. The molecule has 2 aromatic rings. The van der Waals surface area contributed by atoms with Gasteiger partial charge in [0.1, 0.15) is 36.2 Å². The maximum absolute atomic E-state index is 14.6. The van der Waals surface area contributed by atoms with Gasteiger partial charge in [-0.1, -0.05) is 107 Å². The molecule has 4 heterocycles. The molecule has 326 valence electrons. The van der Waals surface area contributed by atoms with E-state index in [0.717, 1.165) is 4.90 Å². The molecule has 0 unspecified atom stereocenters. The van der Waals surface area contributed by atoms with Gasteiger partial charge in [-0.25, -0.2) is 14.4 Å². The molecule has 0 spiro atoms. The van der Waals surface area contributed by atoms with E-state index in [0.29, 0.717) is 47.7 Å². The lowest BCUT2D eigenvalue weighted by Gasteiger charge is -2.48. The first-order valence-corrected chi connectivity index (χ1v) is 24.5. The van der Waals surface area contributed by atoms with Gasteiger partial charge < -0.3 is 29.2 Å². The summed E-state index contributed by atoms with van der Waals surface area (Å²) in [6.45, 7) is 20.2. The summed E-state index contributed by atoms with van der Waals surface area (Å²) in [5.74, 6) is -1.94. The van der Waals surface area contributed by atoms with Gasteiger partial charge in [0.05, 0.1) is 14.1 Å². The zero-order valence-electron chi connectivity index (χ0n) is 36.1. The fourth-order valence-corrected chi connectivity index (χ4v) is 9.40. The Hall–Kier alpha value is -5.19. The van der Waals surface area contributed by atoms with Crippen LogP contribution in [0.5, 0.6) is 0 Å². The van der Waals surface area contributed by atoms with Crippen molar-refractivity contribution in [3.8, 4) is 0 Å². The average molecular weight is 873 g/mol. The topological polar surface area (TPSA) is 161 Å². The monoisotopic (exact) mass is 872 g/mol. The first kappa shape index (κ1) is 45.3. The number of rotatable bonds is 12. The second kappa shape index (κ2) is 18.0. The van der Waals surface area contributed by atoms with Crippen molar-refractivity contribution >= 4 is 54.9 Å². The van der Waals surface area contributed by atoms with Gasteiger partial charge in [0.25, 0.3) is 5.91 Å². The minimum Gasteiger partial charge on any atom is -0.448 e. The Labute approximate surface area is 362 Å². The molecule has 4 atom stereocenters. The van der Waals surface area contributed by atoms with E-state index in [2.05, 4.69) is 45.8 Å². The normalized spacial score (nSPS) is 22.7. The van der Waals surface area contributed by atoms with Crippen LogP contribution < -0.4 is 5.32 Å². The molecule has 3 fully saturated rings. The zero-order chi connectivity index (χ0) is 44.4. The Morgan fingerprint density at radius 1 is 0.967 bits per heavy atom. The maximum atomic E-state index is 14.6. The predicted molar refractivity (Wildman–Crippen MR) is 232 cm³/mol. The number of amides is 4. The Bertz CT molecular complexity index is 2070. The van der Waals surface area contributed by atoms with Gasteiger partial charge in [-0.3, -0.25) is 24.2 Å². The second-order valence-corrected chi connectivity index (χ2v) is 24.8. The Morgan fingerprint density at radius 3 is 2.16 bits per heavy atom. The highest BCUT2D eigenvalue weighted by molar-refractivity contribution is 8.17. The first-order chi connectivity index (χ1) is 28.7. The molecule has 3 saturated heterocycles. The minimum atomic E-state index is -1.90. The van der Waals surface area contributed by atoms with Gasteiger partial charge in [0.15, 0.2) is 6.10 Å². The van der Waals surface area contributed by atoms with Crippen LogP contribution in [0.3, 0.4) is 0 Å². The standard InChI is InChI=1S/C45H56N4O10SSi/c1-10-23-56-43(55)48-26-31(25-33(48)57-27-61(8,9)45(5,6)7)47-22-21-30(38(47)50)24-32-35(40(52)58-37(28-17-13-11-14-18-28)29-19-15-12-16-20-29)49-36(41(53)60-32)34(39(49)51)46-42(54)59-44(2,3)4/h10-20,24,31,33-34,36-37H,1,21-23,25-27H2,2-9H3,(H,46,54)/t31-,33+,34-,36-/m1/s1. The number of nitrogens with one attached hydrogen (secondary N) is 1. The van der Waals surface area contributed by atoms with Crippen LogP contribution in [-0.4, -0.2) is 114 Å². The molecular formula is C45H56N4O10SSi. The molecule has 0 aromatic heterocycles.